The fraction of sp³-hybridized carbons (Fsp3) is 0.0385. The molecule has 0 spiro atoms. The van der Waals surface area contributed by atoms with E-state index in [-0.39, 0.29) is 5.78 Å². The lowest BCUT2D eigenvalue weighted by Crippen LogP contribution is -2.05. The normalized spacial score (nSPS) is 11.0. The highest BCUT2D eigenvalue weighted by Gasteiger charge is 2.25. The fourth-order valence-electron chi connectivity index (χ4n) is 3.89. The Labute approximate surface area is 173 Å². The van der Waals surface area contributed by atoms with Gasteiger partial charge in [0.05, 0.1) is 16.1 Å². The number of nitrogens with zero attached hydrogens (tertiary/aromatic N) is 1. The molecule has 29 heavy (non-hydrogen) atoms. The van der Waals surface area contributed by atoms with E-state index in [9.17, 15) is 4.79 Å². The van der Waals surface area contributed by atoms with Crippen LogP contribution in [0, 0.1) is 0 Å². The van der Waals surface area contributed by atoms with Crippen molar-refractivity contribution in [3.05, 3.63) is 118 Å². The third-order valence-electron chi connectivity index (χ3n) is 5.17. The van der Waals surface area contributed by atoms with Gasteiger partial charge in [-0.3, -0.25) is 4.79 Å². The molecule has 0 bridgehead atoms. The molecule has 3 aromatic carbocycles. The Morgan fingerprint density at radius 1 is 0.759 bits per heavy atom. The van der Waals surface area contributed by atoms with Crippen LogP contribution in [0.2, 0.25) is 0 Å². The van der Waals surface area contributed by atoms with E-state index in [1.54, 1.807) is 0 Å². The molecule has 140 valence electrons. The number of thiophene rings is 1. The summed E-state index contributed by atoms with van der Waals surface area (Å²) in [6.45, 7) is 0.712. The maximum Gasteiger partial charge on any atom is 0.205 e. The largest absolute Gasteiger partial charge is 0.335 e. The van der Waals surface area contributed by atoms with Crippen LogP contribution >= 0.6 is 11.3 Å². The minimum Gasteiger partial charge on any atom is -0.335 e. The fourth-order valence-corrected chi connectivity index (χ4v) is 4.56. The van der Waals surface area contributed by atoms with Gasteiger partial charge in [-0.15, -0.1) is 11.3 Å². The summed E-state index contributed by atoms with van der Waals surface area (Å²) in [4.78, 5) is 14.3. The van der Waals surface area contributed by atoms with Gasteiger partial charge in [-0.25, -0.2) is 0 Å². The highest BCUT2D eigenvalue weighted by Crippen LogP contribution is 2.36. The lowest BCUT2D eigenvalue weighted by Gasteiger charge is -2.13. The van der Waals surface area contributed by atoms with E-state index >= 15 is 0 Å². The number of fused-ring (bicyclic) bond motifs is 1. The Kier molecular flexibility index (Phi) is 4.59. The van der Waals surface area contributed by atoms with E-state index in [1.807, 2.05) is 53.9 Å². The predicted octanol–water partition coefficient (Wildman–Crippen LogP) is 6.65. The molecule has 2 nitrogen and oxygen atoms in total. The number of hydrogen-bond acceptors (Lipinski definition) is 2. The molecule has 2 aromatic heterocycles. The number of rotatable bonds is 5. The highest BCUT2D eigenvalue weighted by molar-refractivity contribution is 7.12. The van der Waals surface area contributed by atoms with Crippen LogP contribution in [-0.4, -0.2) is 10.4 Å². The van der Waals surface area contributed by atoms with Crippen LogP contribution in [0.5, 0.6) is 0 Å². The van der Waals surface area contributed by atoms with Crippen molar-refractivity contribution in [2.24, 2.45) is 0 Å². The van der Waals surface area contributed by atoms with Crippen LogP contribution in [0.4, 0.5) is 0 Å². The zero-order valence-corrected chi connectivity index (χ0v) is 16.6. The van der Waals surface area contributed by atoms with Gasteiger partial charge < -0.3 is 4.57 Å². The van der Waals surface area contributed by atoms with Gasteiger partial charge in [0.25, 0.3) is 0 Å². The summed E-state index contributed by atoms with van der Waals surface area (Å²) >= 11 is 1.49. The number of ketones is 1. The van der Waals surface area contributed by atoms with Crippen molar-refractivity contribution in [2.45, 2.75) is 6.54 Å². The SMILES string of the molecule is O=C(c1cccs1)c1c(-c2ccccc2)n(Cc2ccccc2)c2ccccc12. The molecule has 0 aliphatic heterocycles. The second-order valence-electron chi connectivity index (χ2n) is 6.98. The molecule has 0 radical (unpaired) electrons. The van der Waals surface area contributed by atoms with Crippen molar-refractivity contribution in [3.8, 4) is 11.3 Å². The number of hydrogen-bond donors (Lipinski definition) is 0. The monoisotopic (exact) mass is 393 g/mol. The van der Waals surface area contributed by atoms with Gasteiger partial charge in [0.2, 0.25) is 5.78 Å². The second kappa shape index (κ2) is 7.53. The van der Waals surface area contributed by atoms with Crippen LogP contribution in [0.25, 0.3) is 22.2 Å². The third-order valence-corrected chi connectivity index (χ3v) is 6.04. The van der Waals surface area contributed by atoms with Gasteiger partial charge in [0.1, 0.15) is 0 Å². The Morgan fingerprint density at radius 2 is 1.45 bits per heavy atom. The number of aromatic nitrogens is 1. The van der Waals surface area contributed by atoms with Gasteiger partial charge >= 0.3 is 0 Å². The van der Waals surface area contributed by atoms with Crippen LogP contribution in [0.3, 0.4) is 0 Å². The summed E-state index contributed by atoms with van der Waals surface area (Å²) in [5, 5.41) is 2.96. The molecule has 3 heteroatoms. The van der Waals surface area contributed by atoms with Crippen LogP contribution in [-0.2, 0) is 6.54 Å². The van der Waals surface area contributed by atoms with E-state index in [0.29, 0.717) is 6.54 Å². The van der Waals surface area contributed by atoms with Crippen LogP contribution in [0.1, 0.15) is 20.8 Å². The second-order valence-corrected chi connectivity index (χ2v) is 7.93. The zero-order chi connectivity index (χ0) is 19.6. The summed E-state index contributed by atoms with van der Waals surface area (Å²) in [7, 11) is 0. The quantitative estimate of drug-likeness (QED) is 0.306. The molecular formula is C26H19NOS. The van der Waals surface area contributed by atoms with Gasteiger partial charge in [0, 0.05) is 17.4 Å². The van der Waals surface area contributed by atoms with Crippen molar-refractivity contribution in [3.63, 3.8) is 0 Å². The average Bonchev–Trinajstić information content (AvgIpc) is 3.42. The molecule has 0 unspecified atom stereocenters. The van der Waals surface area contributed by atoms with Crippen LogP contribution < -0.4 is 0 Å². The molecule has 0 saturated carbocycles. The molecule has 0 amide bonds. The minimum absolute atomic E-state index is 0.0851. The summed E-state index contributed by atoms with van der Waals surface area (Å²) in [5.41, 5.74) is 5.11. The first-order valence-electron chi connectivity index (χ1n) is 9.62. The first-order valence-corrected chi connectivity index (χ1v) is 10.5. The minimum atomic E-state index is 0.0851. The van der Waals surface area contributed by atoms with Crippen molar-refractivity contribution in [2.75, 3.05) is 0 Å². The molecule has 2 heterocycles. The summed E-state index contributed by atoms with van der Waals surface area (Å²) in [5.74, 6) is 0.0851. The average molecular weight is 394 g/mol. The van der Waals surface area contributed by atoms with Crippen molar-refractivity contribution in [1.82, 2.24) is 4.57 Å². The van der Waals surface area contributed by atoms with Gasteiger partial charge in [0.15, 0.2) is 0 Å². The van der Waals surface area contributed by atoms with E-state index in [2.05, 4.69) is 53.1 Å². The van der Waals surface area contributed by atoms with Gasteiger partial charge in [-0.2, -0.15) is 0 Å². The standard InChI is InChI=1S/C26H19NOS/c28-26(23-16-9-17-29-23)24-21-14-7-8-15-22(21)27(18-19-10-3-1-4-11-19)25(24)20-12-5-2-6-13-20/h1-17H,18H2. The topological polar surface area (TPSA) is 22.0 Å². The third kappa shape index (κ3) is 3.20. The lowest BCUT2D eigenvalue weighted by atomic mass is 10.0. The van der Waals surface area contributed by atoms with Crippen molar-refractivity contribution < 1.29 is 4.79 Å². The molecular weight excluding hydrogens is 374 g/mol. The Bertz CT molecular complexity index is 1270. The first kappa shape index (κ1) is 17.7. The molecule has 0 atom stereocenters. The highest BCUT2D eigenvalue weighted by atomic mass is 32.1. The summed E-state index contributed by atoms with van der Waals surface area (Å²) in [6, 6.07) is 32.7. The number of carbonyl (C=O) groups excluding carboxylic acids is 1. The number of benzene rings is 3. The van der Waals surface area contributed by atoms with Gasteiger partial charge in [-0.05, 0) is 28.6 Å². The molecule has 0 aliphatic rings. The smallest absolute Gasteiger partial charge is 0.205 e. The molecule has 0 fully saturated rings. The first-order chi connectivity index (χ1) is 14.3. The molecule has 0 saturated heterocycles. The molecule has 5 aromatic rings. The van der Waals surface area contributed by atoms with E-state index < -0.39 is 0 Å². The van der Waals surface area contributed by atoms with E-state index in [4.69, 9.17) is 0 Å². The molecule has 0 aliphatic carbocycles. The summed E-state index contributed by atoms with van der Waals surface area (Å²) in [6.07, 6.45) is 0. The zero-order valence-electron chi connectivity index (χ0n) is 15.8. The predicted molar refractivity (Wildman–Crippen MR) is 121 cm³/mol. The maximum atomic E-state index is 13.6. The van der Waals surface area contributed by atoms with Crippen LogP contribution in [0.15, 0.2) is 102 Å². The van der Waals surface area contributed by atoms with E-state index in [1.165, 1.54) is 16.9 Å². The van der Waals surface area contributed by atoms with Gasteiger partial charge in [-0.1, -0.05) is 84.9 Å². The van der Waals surface area contributed by atoms with Crippen molar-refractivity contribution >= 4 is 28.0 Å². The number of para-hydroxylation sites is 1. The Balaban J connectivity index is 1.82. The maximum absolute atomic E-state index is 13.6. The number of carbonyl (C=O) groups is 1. The Morgan fingerprint density at radius 3 is 2.17 bits per heavy atom. The lowest BCUT2D eigenvalue weighted by molar-refractivity contribution is 0.104. The van der Waals surface area contributed by atoms with Crippen molar-refractivity contribution in [1.29, 1.82) is 0 Å². The summed E-state index contributed by atoms with van der Waals surface area (Å²) < 4.78 is 2.28. The van der Waals surface area contributed by atoms with E-state index in [0.717, 1.165) is 32.6 Å². The Hall–Kier alpha value is -3.43. The molecule has 0 N–H and O–H groups in total. The molecule has 5 rings (SSSR count).